The first-order valence-electron chi connectivity index (χ1n) is 8.82. The highest BCUT2D eigenvalue weighted by Crippen LogP contribution is 2.23. The molecule has 1 atom stereocenters. The quantitative estimate of drug-likeness (QED) is 0.319. The molecule has 0 aliphatic carbocycles. The van der Waals surface area contributed by atoms with Crippen molar-refractivity contribution in [2.75, 3.05) is 12.1 Å². The predicted molar refractivity (Wildman–Crippen MR) is 118 cm³/mol. The van der Waals surface area contributed by atoms with Crippen LogP contribution in [-0.4, -0.2) is 34.0 Å². The monoisotopic (exact) mass is 414 g/mol. The highest BCUT2D eigenvalue weighted by Gasteiger charge is 2.25. The van der Waals surface area contributed by atoms with E-state index in [2.05, 4.69) is 28.1 Å². The summed E-state index contributed by atoms with van der Waals surface area (Å²) >= 11 is 6.97. The molecular formula is C22H23ClN2O2S. The highest BCUT2D eigenvalue weighted by molar-refractivity contribution is 7.99. The molecule has 1 N–H and O–H groups in total. The van der Waals surface area contributed by atoms with Gasteiger partial charge in [0.25, 0.3) is 5.91 Å². The van der Waals surface area contributed by atoms with Crippen molar-refractivity contribution in [1.29, 1.82) is 0 Å². The molecule has 0 bridgehead atoms. The summed E-state index contributed by atoms with van der Waals surface area (Å²) < 4.78 is 5.90. The van der Waals surface area contributed by atoms with Gasteiger partial charge in [0, 0.05) is 29.4 Å². The average molecular weight is 415 g/mol. The number of aromatic nitrogens is 1. The number of pyridine rings is 1. The third-order valence-electron chi connectivity index (χ3n) is 3.76. The predicted octanol–water partition coefficient (Wildman–Crippen LogP) is 4.20. The van der Waals surface area contributed by atoms with Crippen LogP contribution in [0, 0.1) is 24.2 Å². The number of halogens is 1. The van der Waals surface area contributed by atoms with Crippen LogP contribution in [0.2, 0.25) is 0 Å². The number of nitrogens with zero attached hydrogens (tertiary/aromatic N) is 1. The highest BCUT2D eigenvalue weighted by atomic mass is 35.5. The lowest BCUT2D eigenvalue weighted by molar-refractivity contribution is -0.125. The van der Waals surface area contributed by atoms with Crippen molar-refractivity contribution in [3.63, 3.8) is 0 Å². The molecule has 2 rings (SSSR count). The SMILES string of the molecule is C#Cc1cnc2ccc(OC(SC)C(=O)NC(C)(C)C#CCCCCl)cc2c1. The maximum Gasteiger partial charge on any atom is 0.272 e. The number of nitrogens with one attached hydrogen (secondary N) is 1. The fraction of sp³-hybridized carbons (Fsp3) is 0.364. The van der Waals surface area contributed by atoms with Gasteiger partial charge in [0.1, 0.15) is 5.75 Å². The van der Waals surface area contributed by atoms with Crippen LogP contribution in [0.25, 0.3) is 10.9 Å². The second kappa shape index (κ2) is 10.3. The van der Waals surface area contributed by atoms with Crippen molar-refractivity contribution >= 4 is 40.2 Å². The molecule has 0 aliphatic rings. The molecule has 1 aromatic carbocycles. The molecule has 4 nitrogen and oxygen atoms in total. The van der Waals surface area contributed by atoms with E-state index in [0.29, 0.717) is 23.6 Å². The first-order valence-corrected chi connectivity index (χ1v) is 10.6. The van der Waals surface area contributed by atoms with Crippen molar-refractivity contribution in [3.05, 3.63) is 36.0 Å². The van der Waals surface area contributed by atoms with E-state index in [4.69, 9.17) is 22.8 Å². The fourth-order valence-corrected chi connectivity index (χ4v) is 3.04. The van der Waals surface area contributed by atoms with Crippen molar-refractivity contribution in [1.82, 2.24) is 10.3 Å². The number of rotatable bonds is 7. The number of hydrogen-bond donors (Lipinski definition) is 1. The van der Waals surface area contributed by atoms with Crippen LogP contribution >= 0.6 is 23.4 Å². The number of terminal acetylenes is 1. The molecule has 146 valence electrons. The van der Waals surface area contributed by atoms with Gasteiger partial charge < -0.3 is 10.1 Å². The Bertz CT molecular complexity index is 941. The van der Waals surface area contributed by atoms with Gasteiger partial charge in [-0.05, 0) is 50.8 Å². The molecular weight excluding hydrogens is 392 g/mol. The molecule has 0 spiro atoms. The van der Waals surface area contributed by atoms with Gasteiger partial charge in [-0.1, -0.05) is 11.8 Å². The van der Waals surface area contributed by atoms with Crippen molar-refractivity contribution in [3.8, 4) is 29.9 Å². The molecule has 1 aromatic heterocycles. The summed E-state index contributed by atoms with van der Waals surface area (Å²) in [7, 11) is 0. The molecule has 0 aliphatic heterocycles. The van der Waals surface area contributed by atoms with Gasteiger partial charge >= 0.3 is 0 Å². The smallest absolute Gasteiger partial charge is 0.272 e. The number of alkyl halides is 1. The van der Waals surface area contributed by atoms with E-state index < -0.39 is 11.0 Å². The summed E-state index contributed by atoms with van der Waals surface area (Å²) in [6, 6.07) is 7.32. The summed E-state index contributed by atoms with van der Waals surface area (Å²) in [5.74, 6) is 9.60. The standard InChI is InChI=1S/C22H23ClN2O2S/c1-5-16-13-17-14-18(9-10-19(17)24-15-16)27-21(28-4)20(26)25-22(2,3)11-7-6-8-12-23/h1,9-10,13-15,21H,6,8,12H2,2-4H3,(H,25,26). The first kappa shape index (κ1) is 22.0. The third-order valence-corrected chi connectivity index (χ3v) is 4.77. The molecule has 0 saturated carbocycles. The molecule has 1 amide bonds. The van der Waals surface area contributed by atoms with Crippen LogP contribution in [0.3, 0.4) is 0 Å². The molecule has 0 radical (unpaired) electrons. The number of benzene rings is 1. The Morgan fingerprint density at radius 2 is 2.21 bits per heavy atom. The van der Waals surface area contributed by atoms with E-state index in [1.165, 1.54) is 11.8 Å². The van der Waals surface area contributed by atoms with Gasteiger partial charge in [0.05, 0.1) is 11.1 Å². The number of hydrogen-bond acceptors (Lipinski definition) is 4. The Labute approximate surface area is 175 Å². The zero-order chi connectivity index (χ0) is 20.6. The lowest BCUT2D eigenvalue weighted by Gasteiger charge is -2.24. The summed E-state index contributed by atoms with van der Waals surface area (Å²) in [6.45, 7) is 3.72. The summed E-state index contributed by atoms with van der Waals surface area (Å²) in [5.41, 5.74) is 0.142. The normalized spacial score (nSPS) is 11.8. The number of carbonyl (C=O) groups is 1. The maximum atomic E-state index is 12.7. The molecule has 28 heavy (non-hydrogen) atoms. The summed E-state index contributed by atoms with van der Waals surface area (Å²) in [5, 5.41) is 3.79. The largest absolute Gasteiger partial charge is 0.470 e. The minimum absolute atomic E-state index is 0.236. The molecule has 0 saturated heterocycles. The Kier molecular flexibility index (Phi) is 8.05. The minimum atomic E-state index is -0.704. The van der Waals surface area contributed by atoms with Gasteiger partial charge in [0.2, 0.25) is 5.44 Å². The van der Waals surface area contributed by atoms with Gasteiger partial charge in [-0.25, -0.2) is 0 Å². The second-order valence-electron chi connectivity index (χ2n) is 6.62. The zero-order valence-electron chi connectivity index (χ0n) is 16.2. The van der Waals surface area contributed by atoms with Gasteiger partial charge in [-0.2, -0.15) is 0 Å². The molecule has 0 fully saturated rings. The van der Waals surface area contributed by atoms with Crippen LogP contribution in [0.4, 0.5) is 0 Å². The van der Waals surface area contributed by atoms with Gasteiger partial charge in [-0.3, -0.25) is 9.78 Å². The third kappa shape index (κ3) is 6.37. The maximum absolute atomic E-state index is 12.7. The van der Waals surface area contributed by atoms with E-state index in [-0.39, 0.29) is 5.91 Å². The number of amides is 1. The molecule has 6 heteroatoms. The van der Waals surface area contributed by atoms with Crippen molar-refractivity contribution in [2.24, 2.45) is 0 Å². The van der Waals surface area contributed by atoms with Crippen LogP contribution in [0.15, 0.2) is 30.5 Å². The first-order chi connectivity index (χ1) is 13.4. The number of fused-ring (bicyclic) bond motifs is 1. The topological polar surface area (TPSA) is 51.2 Å². The Balaban J connectivity index is 2.10. The summed E-state index contributed by atoms with van der Waals surface area (Å²) in [6.07, 6.45) is 10.4. The Hall–Kier alpha value is -2.34. The van der Waals surface area contributed by atoms with Crippen LogP contribution in [0.5, 0.6) is 5.75 Å². The van der Waals surface area contributed by atoms with Crippen LogP contribution in [-0.2, 0) is 4.79 Å². The van der Waals surface area contributed by atoms with Crippen LogP contribution < -0.4 is 10.1 Å². The lowest BCUT2D eigenvalue weighted by Crippen LogP contribution is -2.47. The number of unbranched alkanes of at least 4 members (excludes halogenated alkanes) is 1. The molecule has 1 unspecified atom stereocenters. The van der Waals surface area contributed by atoms with Crippen molar-refractivity contribution < 1.29 is 9.53 Å². The van der Waals surface area contributed by atoms with Crippen molar-refractivity contribution in [2.45, 2.75) is 37.7 Å². The molecule has 1 heterocycles. The van der Waals surface area contributed by atoms with E-state index in [1.54, 1.807) is 12.3 Å². The summed E-state index contributed by atoms with van der Waals surface area (Å²) in [4.78, 5) is 17.0. The van der Waals surface area contributed by atoms with E-state index in [9.17, 15) is 4.79 Å². The van der Waals surface area contributed by atoms with Crippen LogP contribution in [0.1, 0.15) is 32.3 Å². The van der Waals surface area contributed by atoms with E-state index >= 15 is 0 Å². The second-order valence-corrected chi connectivity index (χ2v) is 7.89. The minimum Gasteiger partial charge on any atom is -0.470 e. The zero-order valence-corrected chi connectivity index (χ0v) is 17.8. The average Bonchev–Trinajstić information content (AvgIpc) is 2.68. The fourth-order valence-electron chi connectivity index (χ4n) is 2.43. The Morgan fingerprint density at radius 3 is 2.89 bits per heavy atom. The Morgan fingerprint density at radius 1 is 1.43 bits per heavy atom. The lowest BCUT2D eigenvalue weighted by atomic mass is 10.1. The molecule has 2 aromatic rings. The van der Waals surface area contributed by atoms with Gasteiger partial charge in [0.15, 0.2) is 0 Å². The number of carbonyl (C=O) groups excluding carboxylic acids is 1. The number of ether oxygens (including phenoxy) is 1. The van der Waals surface area contributed by atoms with E-state index in [0.717, 1.165) is 17.3 Å². The van der Waals surface area contributed by atoms with Gasteiger partial charge in [-0.15, -0.1) is 35.7 Å². The van der Waals surface area contributed by atoms with E-state index in [1.807, 2.05) is 38.3 Å². The number of thioether (sulfide) groups is 1.